The fourth-order valence-electron chi connectivity index (χ4n) is 2.16. The second-order valence-electron chi connectivity index (χ2n) is 4.41. The molecule has 0 spiro atoms. The summed E-state index contributed by atoms with van der Waals surface area (Å²) in [6.07, 6.45) is -0.705. The van der Waals surface area contributed by atoms with Gasteiger partial charge >= 0.3 is 5.97 Å². The number of esters is 1. The number of carbonyl (C=O) groups is 1. The van der Waals surface area contributed by atoms with Crippen LogP contribution in [0.5, 0.6) is 0 Å². The van der Waals surface area contributed by atoms with Crippen LogP contribution in [0.3, 0.4) is 0 Å². The Kier molecular flexibility index (Phi) is 4.29. The zero-order valence-corrected chi connectivity index (χ0v) is 12.0. The van der Waals surface area contributed by atoms with Crippen LogP contribution in [-0.4, -0.2) is 44.1 Å². The molecule has 0 aliphatic carbocycles. The monoisotopic (exact) mass is 316 g/mol. The fourth-order valence-corrected chi connectivity index (χ4v) is 3.81. The summed E-state index contributed by atoms with van der Waals surface area (Å²) in [5.41, 5.74) is -0.195. The van der Waals surface area contributed by atoms with Crippen LogP contribution in [0.2, 0.25) is 0 Å². The lowest BCUT2D eigenvalue weighted by molar-refractivity contribution is -0.146. The Labute approximate surface area is 120 Å². The maximum absolute atomic E-state index is 13.6. The summed E-state index contributed by atoms with van der Waals surface area (Å²) >= 11 is 0. The van der Waals surface area contributed by atoms with E-state index in [-0.39, 0.29) is 18.6 Å². The zero-order chi connectivity index (χ0) is 15.6. The number of hydrogen-bond acceptors (Lipinski definition) is 6. The topological polar surface area (TPSA) is 101 Å². The molecule has 1 aliphatic rings. The van der Waals surface area contributed by atoms with Gasteiger partial charge in [0.25, 0.3) is 15.1 Å². The molecule has 0 radical (unpaired) electrons. The molecule has 0 N–H and O–H groups in total. The molecule has 0 unspecified atom stereocenters. The number of furan rings is 1. The van der Waals surface area contributed by atoms with Crippen molar-refractivity contribution in [1.29, 1.82) is 5.26 Å². The number of halogens is 1. The quantitative estimate of drug-likeness (QED) is 0.762. The van der Waals surface area contributed by atoms with Crippen LogP contribution in [0.4, 0.5) is 4.39 Å². The van der Waals surface area contributed by atoms with Crippen molar-refractivity contribution in [2.24, 2.45) is 0 Å². The number of nitriles is 1. The maximum atomic E-state index is 13.6. The Morgan fingerprint density at radius 2 is 2.38 bits per heavy atom. The molecule has 1 aromatic heterocycles. The fraction of sp³-hybridized carbons (Fsp3) is 0.500. The van der Waals surface area contributed by atoms with E-state index in [4.69, 9.17) is 14.4 Å². The van der Waals surface area contributed by atoms with E-state index in [1.54, 1.807) is 13.0 Å². The Balaban J connectivity index is 2.38. The highest BCUT2D eigenvalue weighted by Gasteiger charge is 2.46. The molecule has 7 nitrogen and oxygen atoms in total. The molecule has 1 aliphatic heterocycles. The largest absolute Gasteiger partial charge is 0.465 e. The minimum atomic E-state index is -4.28. The highest BCUT2D eigenvalue weighted by Crippen LogP contribution is 2.30. The summed E-state index contributed by atoms with van der Waals surface area (Å²) in [6, 6.07) is 1.62. The first-order valence-corrected chi connectivity index (χ1v) is 7.66. The normalized spacial score (nSPS) is 22.9. The summed E-state index contributed by atoms with van der Waals surface area (Å²) in [4.78, 5) is 11.8. The molecule has 9 heteroatoms. The SMILES string of the molecule is CCOC(=O)[C@@H]1C[C@H](F)CN1S(=O)(=O)c1occc1C#N. The highest BCUT2D eigenvalue weighted by atomic mass is 32.2. The molecule has 0 bridgehead atoms. The lowest BCUT2D eigenvalue weighted by atomic mass is 10.2. The van der Waals surface area contributed by atoms with Gasteiger partial charge in [-0.1, -0.05) is 0 Å². The van der Waals surface area contributed by atoms with Gasteiger partial charge in [-0.05, 0) is 13.0 Å². The molecule has 0 saturated carbocycles. The Bertz CT molecular complexity index is 678. The highest BCUT2D eigenvalue weighted by molar-refractivity contribution is 7.89. The summed E-state index contributed by atoms with van der Waals surface area (Å²) < 4.78 is 48.7. The van der Waals surface area contributed by atoms with Gasteiger partial charge in [-0.3, -0.25) is 4.79 Å². The molecule has 1 aromatic rings. The number of alkyl halides is 1. The number of rotatable bonds is 4. The van der Waals surface area contributed by atoms with Gasteiger partial charge in [-0.15, -0.1) is 0 Å². The molecule has 0 aromatic carbocycles. The van der Waals surface area contributed by atoms with E-state index in [0.717, 1.165) is 6.26 Å². The molecule has 1 saturated heterocycles. The number of ether oxygens (including phenoxy) is 1. The van der Waals surface area contributed by atoms with Crippen LogP contribution < -0.4 is 0 Å². The van der Waals surface area contributed by atoms with Crippen molar-refractivity contribution in [3.8, 4) is 6.07 Å². The number of carbonyl (C=O) groups excluding carboxylic acids is 1. The van der Waals surface area contributed by atoms with Crippen molar-refractivity contribution in [3.63, 3.8) is 0 Å². The number of hydrogen-bond donors (Lipinski definition) is 0. The van der Waals surface area contributed by atoms with Crippen molar-refractivity contribution in [2.75, 3.05) is 13.2 Å². The molecular formula is C12H13FN2O5S. The van der Waals surface area contributed by atoms with Crippen LogP contribution in [0.15, 0.2) is 21.8 Å². The van der Waals surface area contributed by atoms with E-state index in [1.807, 2.05) is 0 Å². The first-order chi connectivity index (χ1) is 9.91. The molecule has 2 heterocycles. The van der Waals surface area contributed by atoms with Crippen LogP contribution in [0.1, 0.15) is 18.9 Å². The predicted octanol–water partition coefficient (Wildman–Crippen LogP) is 0.815. The predicted molar refractivity (Wildman–Crippen MR) is 67.2 cm³/mol. The first kappa shape index (κ1) is 15.5. The van der Waals surface area contributed by atoms with E-state index in [0.29, 0.717) is 4.31 Å². The van der Waals surface area contributed by atoms with Gasteiger partial charge in [0.1, 0.15) is 23.8 Å². The maximum Gasteiger partial charge on any atom is 0.324 e. The van der Waals surface area contributed by atoms with Crippen molar-refractivity contribution < 1.29 is 26.8 Å². The van der Waals surface area contributed by atoms with E-state index in [9.17, 15) is 17.6 Å². The molecule has 1 fully saturated rings. The smallest absolute Gasteiger partial charge is 0.324 e. The van der Waals surface area contributed by atoms with Gasteiger partial charge < -0.3 is 9.15 Å². The van der Waals surface area contributed by atoms with Crippen LogP contribution >= 0.6 is 0 Å². The van der Waals surface area contributed by atoms with Crippen molar-refractivity contribution in [3.05, 3.63) is 17.9 Å². The van der Waals surface area contributed by atoms with E-state index >= 15 is 0 Å². The standard InChI is InChI=1S/C12H13FN2O5S/c1-2-19-11(16)10-5-9(13)7-15(10)21(17,18)12-8(6-14)3-4-20-12/h3-4,9-10H,2,5,7H2,1H3/t9-,10-/m0/s1. The minimum Gasteiger partial charge on any atom is -0.465 e. The summed E-state index contributed by atoms with van der Waals surface area (Å²) in [7, 11) is -4.28. The summed E-state index contributed by atoms with van der Waals surface area (Å²) in [5.74, 6) is -0.814. The lowest BCUT2D eigenvalue weighted by Gasteiger charge is -2.20. The van der Waals surface area contributed by atoms with Gasteiger partial charge in [-0.2, -0.15) is 9.57 Å². The zero-order valence-electron chi connectivity index (χ0n) is 11.2. The van der Waals surface area contributed by atoms with Crippen LogP contribution in [-0.2, 0) is 19.6 Å². The van der Waals surface area contributed by atoms with E-state index in [1.165, 1.54) is 6.07 Å². The molecule has 21 heavy (non-hydrogen) atoms. The third-order valence-electron chi connectivity index (χ3n) is 3.06. The molecular weight excluding hydrogens is 303 g/mol. The van der Waals surface area contributed by atoms with Gasteiger partial charge in [0.05, 0.1) is 12.9 Å². The van der Waals surface area contributed by atoms with Gasteiger partial charge in [0.15, 0.2) is 0 Å². The average Bonchev–Trinajstić information content (AvgIpc) is 3.05. The van der Waals surface area contributed by atoms with Gasteiger partial charge in [-0.25, -0.2) is 12.8 Å². The Morgan fingerprint density at radius 3 is 3.00 bits per heavy atom. The van der Waals surface area contributed by atoms with Crippen molar-refractivity contribution >= 4 is 16.0 Å². The van der Waals surface area contributed by atoms with Crippen molar-refractivity contribution in [1.82, 2.24) is 4.31 Å². The van der Waals surface area contributed by atoms with Crippen LogP contribution in [0.25, 0.3) is 0 Å². The van der Waals surface area contributed by atoms with Crippen molar-refractivity contribution in [2.45, 2.75) is 30.7 Å². The molecule has 114 valence electrons. The molecule has 2 atom stereocenters. The van der Waals surface area contributed by atoms with E-state index in [2.05, 4.69) is 0 Å². The van der Waals surface area contributed by atoms with E-state index < -0.39 is 39.8 Å². The first-order valence-electron chi connectivity index (χ1n) is 6.22. The summed E-state index contributed by atoms with van der Waals surface area (Å²) in [5, 5.41) is 8.28. The van der Waals surface area contributed by atoms with Crippen LogP contribution in [0, 0.1) is 11.3 Å². The second kappa shape index (κ2) is 5.83. The van der Waals surface area contributed by atoms with Gasteiger partial charge in [0.2, 0.25) is 0 Å². The molecule has 0 amide bonds. The van der Waals surface area contributed by atoms with Gasteiger partial charge in [0, 0.05) is 13.0 Å². The summed E-state index contributed by atoms with van der Waals surface area (Å²) in [6.45, 7) is 1.15. The lowest BCUT2D eigenvalue weighted by Crippen LogP contribution is -2.41. The number of nitrogens with zero attached hydrogens (tertiary/aromatic N) is 2. The second-order valence-corrected chi connectivity index (χ2v) is 6.20. The molecule has 2 rings (SSSR count). The third kappa shape index (κ3) is 2.77. The Hall–Kier alpha value is -1.92. The third-order valence-corrected chi connectivity index (χ3v) is 4.86. The minimum absolute atomic E-state index is 0.0599. The average molecular weight is 316 g/mol. The number of sulfonamides is 1. The Morgan fingerprint density at radius 1 is 1.67 bits per heavy atom.